The molecule has 2 heterocycles. The summed E-state index contributed by atoms with van der Waals surface area (Å²) >= 11 is 5.96. The van der Waals surface area contributed by atoms with Crippen molar-refractivity contribution >= 4 is 33.2 Å². The van der Waals surface area contributed by atoms with Gasteiger partial charge in [0.25, 0.3) is 5.91 Å². The van der Waals surface area contributed by atoms with Crippen LogP contribution in [-0.4, -0.2) is 75.0 Å². The molecule has 172 valence electrons. The van der Waals surface area contributed by atoms with Crippen molar-refractivity contribution in [3.05, 3.63) is 59.1 Å². The Morgan fingerprint density at radius 2 is 1.47 bits per heavy atom. The van der Waals surface area contributed by atoms with Crippen LogP contribution in [0.4, 0.5) is 5.69 Å². The van der Waals surface area contributed by atoms with Gasteiger partial charge in [0.15, 0.2) is 0 Å². The van der Waals surface area contributed by atoms with E-state index in [1.165, 1.54) is 16.4 Å². The number of nitrogens with zero attached hydrogens (tertiary/aromatic N) is 3. The van der Waals surface area contributed by atoms with Crippen LogP contribution in [0.2, 0.25) is 5.02 Å². The molecule has 2 atom stereocenters. The van der Waals surface area contributed by atoms with Crippen molar-refractivity contribution in [3.63, 3.8) is 0 Å². The molecule has 2 aromatic carbocycles. The van der Waals surface area contributed by atoms with Crippen LogP contribution in [0.15, 0.2) is 53.4 Å². The van der Waals surface area contributed by atoms with Crippen LogP contribution < -0.4 is 4.90 Å². The zero-order valence-corrected chi connectivity index (χ0v) is 19.8. The SMILES string of the molecule is CC1CN(S(=O)(=O)c2ccc(C(=O)N3CCN(c4ccc(Cl)cc4)CC3)cc2)CC(C)O1. The molecule has 1 amide bonds. The largest absolute Gasteiger partial charge is 0.373 e. The molecule has 0 spiro atoms. The predicted octanol–water partition coefficient (Wildman–Crippen LogP) is 3.10. The Labute approximate surface area is 194 Å². The number of hydrogen-bond donors (Lipinski definition) is 0. The molecular weight excluding hydrogens is 450 g/mol. The van der Waals surface area contributed by atoms with Gasteiger partial charge in [0.1, 0.15) is 0 Å². The van der Waals surface area contributed by atoms with Gasteiger partial charge in [-0.15, -0.1) is 0 Å². The number of benzene rings is 2. The summed E-state index contributed by atoms with van der Waals surface area (Å²) in [4.78, 5) is 17.2. The van der Waals surface area contributed by atoms with Crippen molar-refractivity contribution in [2.24, 2.45) is 0 Å². The number of anilines is 1. The first-order chi connectivity index (χ1) is 15.2. The molecule has 2 saturated heterocycles. The molecular formula is C23H28ClN3O4S. The lowest BCUT2D eigenvalue weighted by molar-refractivity contribution is -0.0440. The minimum atomic E-state index is -3.62. The third kappa shape index (κ3) is 4.93. The number of morpholine rings is 1. The Hall–Kier alpha value is -2.13. The molecule has 2 fully saturated rings. The molecule has 0 saturated carbocycles. The molecule has 7 nitrogen and oxygen atoms in total. The lowest BCUT2D eigenvalue weighted by Gasteiger charge is -2.36. The lowest BCUT2D eigenvalue weighted by atomic mass is 10.1. The third-order valence-electron chi connectivity index (χ3n) is 5.88. The molecule has 0 aromatic heterocycles. The van der Waals surface area contributed by atoms with Crippen molar-refractivity contribution in [1.82, 2.24) is 9.21 Å². The van der Waals surface area contributed by atoms with Gasteiger partial charge in [-0.25, -0.2) is 8.42 Å². The monoisotopic (exact) mass is 477 g/mol. The summed E-state index contributed by atoms with van der Waals surface area (Å²) in [5.74, 6) is -0.0849. The molecule has 2 aromatic rings. The van der Waals surface area contributed by atoms with Gasteiger partial charge >= 0.3 is 0 Å². The standard InChI is InChI=1S/C23H28ClN3O4S/c1-17-15-27(16-18(2)31-17)32(29,30)22-9-3-19(4-10-22)23(28)26-13-11-25(12-14-26)21-7-5-20(24)6-8-21/h3-10,17-18H,11-16H2,1-2H3. The maximum absolute atomic E-state index is 13.0. The average Bonchev–Trinajstić information content (AvgIpc) is 2.79. The fourth-order valence-electron chi connectivity index (χ4n) is 4.25. The lowest BCUT2D eigenvalue weighted by Crippen LogP contribution is -2.48. The maximum Gasteiger partial charge on any atom is 0.253 e. The van der Waals surface area contributed by atoms with Crippen molar-refractivity contribution < 1.29 is 17.9 Å². The average molecular weight is 478 g/mol. The number of ether oxygens (including phenoxy) is 1. The van der Waals surface area contributed by atoms with E-state index in [2.05, 4.69) is 4.90 Å². The van der Waals surface area contributed by atoms with Gasteiger partial charge in [-0.1, -0.05) is 11.6 Å². The third-order valence-corrected chi connectivity index (χ3v) is 7.98. The highest BCUT2D eigenvalue weighted by atomic mass is 35.5. The second kappa shape index (κ2) is 9.39. The van der Waals surface area contributed by atoms with E-state index in [4.69, 9.17) is 16.3 Å². The molecule has 0 aliphatic carbocycles. The molecule has 0 N–H and O–H groups in total. The number of carbonyl (C=O) groups is 1. The van der Waals surface area contributed by atoms with Crippen molar-refractivity contribution in [2.75, 3.05) is 44.2 Å². The Morgan fingerprint density at radius 3 is 2.03 bits per heavy atom. The molecule has 9 heteroatoms. The molecule has 0 bridgehead atoms. The normalized spacial score (nSPS) is 22.7. The topological polar surface area (TPSA) is 70.2 Å². The summed E-state index contributed by atoms with van der Waals surface area (Å²) < 4.78 is 33.1. The highest BCUT2D eigenvalue weighted by molar-refractivity contribution is 7.89. The van der Waals surface area contributed by atoms with Crippen LogP contribution in [-0.2, 0) is 14.8 Å². The van der Waals surface area contributed by atoms with Crippen LogP contribution in [0.3, 0.4) is 0 Å². The van der Waals surface area contributed by atoms with E-state index < -0.39 is 10.0 Å². The fraction of sp³-hybridized carbons (Fsp3) is 0.435. The molecule has 2 unspecified atom stereocenters. The van der Waals surface area contributed by atoms with Gasteiger partial charge in [0.2, 0.25) is 10.0 Å². The van der Waals surface area contributed by atoms with Gasteiger partial charge < -0.3 is 14.5 Å². The molecule has 4 rings (SSSR count). The Balaban J connectivity index is 1.40. The summed E-state index contributed by atoms with van der Waals surface area (Å²) in [5, 5.41) is 0.700. The minimum absolute atomic E-state index is 0.0849. The van der Waals surface area contributed by atoms with E-state index in [1.807, 2.05) is 38.1 Å². The number of hydrogen-bond acceptors (Lipinski definition) is 5. The number of halogens is 1. The fourth-order valence-corrected chi connectivity index (χ4v) is 5.96. The number of rotatable bonds is 4. The van der Waals surface area contributed by atoms with Gasteiger partial charge in [-0.2, -0.15) is 4.31 Å². The Bertz CT molecular complexity index is 1040. The van der Waals surface area contributed by atoms with Crippen LogP contribution in [0, 0.1) is 0 Å². The van der Waals surface area contributed by atoms with Crippen LogP contribution in [0.5, 0.6) is 0 Å². The number of piperazine rings is 1. The summed E-state index contributed by atoms with van der Waals surface area (Å²) in [5.41, 5.74) is 1.58. The van der Waals surface area contributed by atoms with E-state index >= 15 is 0 Å². The second-order valence-corrected chi connectivity index (χ2v) is 10.7. The minimum Gasteiger partial charge on any atom is -0.373 e. The zero-order chi connectivity index (χ0) is 22.9. The van der Waals surface area contributed by atoms with E-state index in [9.17, 15) is 13.2 Å². The highest BCUT2D eigenvalue weighted by Crippen LogP contribution is 2.23. The first-order valence-electron chi connectivity index (χ1n) is 10.8. The second-order valence-electron chi connectivity index (χ2n) is 8.36. The highest BCUT2D eigenvalue weighted by Gasteiger charge is 2.32. The van der Waals surface area contributed by atoms with E-state index in [-0.39, 0.29) is 23.0 Å². The quantitative estimate of drug-likeness (QED) is 0.676. The maximum atomic E-state index is 13.0. The van der Waals surface area contributed by atoms with Gasteiger partial charge in [0.05, 0.1) is 17.1 Å². The Morgan fingerprint density at radius 1 is 0.906 bits per heavy atom. The first-order valence-corrected chi connectivity index (χ1v) is 12.6. The smallest absolute Gasteiger partial charge is 0.253 e. The van der Waals surface area contributed by atoms with Crippen molar-refractivity contribution in [1.29, 1.82) is 0 Å². The number of amides is 1. The number of sulfonamides is 1. The van der Waals surface area contributed by atoms with Crippen molar-refractivity contribution in [2.45, 2.75) is 31.0 Å². The van der Waals surface area contributed by atoms with Crippen LogP contribution in [0.25, 0.3) is 0 Å². The van der Waals surface area contributed by atoms with E-state index in [0.717, 1.165) is 18.8 Å². The van der Waals surface area contributed by atoms with Gasteiger partial charge in [-0.3, -0.25) is 4.79 Å². The molecule has 32 heavy (non-hydrogen) atoms. The van der Waals surface area contributed by atoms with E-state index in [1.54, 1.807) is 17.0 Å². The molecule has 2 aliphatic rings. The molecule has 2 aliphatic heterocycles. The molecule has 0 radical (unpaired) electrons. The van der Waals surface area contributed by atoms with Crippen molar-refractivity contribution in [3.8, 4) is 0 Å². The zero-order valence-electron chi connectivity index (χ0n) is 18.3. The van der Waals surface area contributed by atoms with Gasteiger partial charge in [0, 0.05) is 55.5 Å². The Kier molecular flexibility index (Phi) is 6.76. The predicted molar refractivity (Wildman–Crippen MR) is 125 cm³/mol. The summed E-state index contributed by atoms with van der Waals surface area (Å²) in [6, 6.07) is 13.9. The van der Waals surface area contributed by atoms with E-state index in [0.29, 0.717) is 36.8 Å². The summed E-state index contributed by atoms with van der Waals surface area (Å²) in [6.45, 7) is 7.05. The first kappa shape index (κ1) is 23.0. The summed E-state index contributed by atoms with van der Waals surface area (Å²) in [7, 11) is -3.62. The van der Waals surface area contributed by atoms with Crippen LogP contribution >= 0.6 is 11.6 Å². The van der Waals surface area contributed by atoms with Crippen LogP contribution in [0.1, 0.15) is 24.2 Å². The van der Waals surface area contributed by atoms with Gasteiger partial charge in [-0.05, 0) is 62.4 Å². The summed E-state index contributed by atoms with van der Waals surface area (Å²) in [6.07, 6.45) is -0.304. The number of carbonyl (C=O) groups excluding carboxylic acids is 1.